The average molecular weight is 327 g/mol. The second kappa shape index (κ2) is 4.71. The highest BCUT2D eigenvalue weighted by atomic mass is 32.2. The van der Waals surface area contributed by atoms with E-state index >= 15 is 0 Å². The van der Waals surface area contributed by atoms with E-state index in [2.05, 4.69) is 25.6 Å². The molecule has 2 atom stereocenters. The van der Waals surface area contributed by atoms with Crippen LogP contribution in [0, 0.1) is 0 Å². The number of ether oxygens (including phenoxy) is 1. The first-order valence-corrected chi connectivity index (χ1v) is 7.08. The van der Waals surface area contributed by atoms with E-state index in [1.165, 1.54) is 18.3 Å². The van der Waals surface area contributed by atoms with Gasteiger partial charge in [-0.25, -0.2) is 9.97 Å². The standard InChI is InChI=1S/C12H8F3N5OS/c13-12(14,15)7-5(2-1-3-16-7)22-6-4-17-8-9(18-6)20-11-10(19-8)21-11/h1-4,10-11H,(H,17,19)(H,18,20). The lowest BCUT2D eigenvalue weighted by molar-refractivity contribution is -0.143. The number of hydrogen-bond acceptors (Lipinski definition) is 7. The molecule has 2 aromatic rings. The van der Waals surface area contributed by atoms with E-state index in [1.807, 2.05) is 0 Å². The molecule has 114 valence electrons. The second-order valence-electron chi connectivity index (χ2n) is 4.62. The van der Waals surface area contributed by atoms with Gasteiger partial charge in [0.05, 0.1) is 6.20 Å². The molecule has 2 aromatic heterocycles. The van der Waals surface area contributed by atoms with Crippen LogP contribution in [0.15, 0.2) is 34.4 Å². The summed E-state index contributed by atoms with van der Waals surface area (Å²) in [6, 6.07) is 2.80. The first-order chi connectivity index (χ1) is 10.5. The van der Waals surface area contributed by atoms with Gasteiger partial charge in [-0.1, -0.05) is 11.8 Å². The minimum atomic E-state index is -4.51. The van der Waals surface area contributed by atoms with Crippen LogP contribution >= 0.6 is 11.8 Å². The smallest absolute Gasteiger partial charge is 0.338 e. The van der Waals surface area contributed by atoms with E-state index in [4.69, 9.17) is 4.74 Å². The normalized spacial score (nSPS) is 22.1. The van der Waals surface area contributed by atoms with Gasteiger partial charge in [0.25, 0.3) is 0 Å². The Balaban J connectivity index is 1.63. The summed E-state index contributed by atoms with van der Waals surface area (Å²) in [5.41, 5.74) is -0.934. The third-order valence-electron chi connectivity index (χ3n) is 3.05. The highest BCUT2D eigenvalue weighted by Gasteiger charge is 2.44. The lowest BCUT2D eigenvalue weighted by Crippen LogP contribution is -2.22. The predicted octanol–water partition coefficient (Wildman–Crippen LogP) is 2.56. The fraction of sp³-hybridized carbons (Fsp3) is 0.250. The highest BCUT2D eigenvalue weighted by Crippen LogP contribution is 2.39. The zero-order chi connectivity index (χ0) is 15.3. The fourth-order valence-corrected chi connectivity index (χ4v) is 2.91. The molecule has 10 heteroatoms. The highest BCUT2D eigenvalue weighted by molar-refractivity contribution is 7.99. The van der Waals surface area contributed by atoms with Crippen molar-refractivity contribution in [2.45, 2.75) is 28.6 Å². The van der Waals surface area contributed by atoms with Gasteiger partial charge in [0.15, 0.2) is 29.8 Å². The van der Waals surface area contributed by atoms with Gasteiger partial charge >= 0.3 is 6.18 Å². The van der Waals surface area contributed by atoms with Crippen molar-refractivity contribution in [2.24, 2.45) is 0 Å². The first-order valence-electron chi connectivity index (χ1n) is 6.26. The monoisotopic (exact) mass is 327 g/mol. The van der Waals surface area contributed by atoms with Crippen LogP contribution in [0.25, 0.3) is 0 Å². The minimum absolute atomic E-state index is 0.0198. The maximum absolute atomic E-state index is 12.9. The Morgan fingerprint density at radius 1 is 1.14 bits per heavy atom. The van der Waals surface area contributed by atoms with E-state index in [1.54, 1.807) is 0 Å². The molecular weight excluding hydrogens is 319 g/mol. The molecule has 1 fully saturated rings. The maximum atomic E-state index is 12.9. The van der Waals surface area contributed by atoms with Crippen LogP contribution < -0.4 is 10.6 Å². The Kier molecular flexibility index (Phi) is 2.91. The van der Waals surface area contributed by atoms with Crippen molar-refractivity contribution < 1.29 is 17.9 Å². The summed E-state index contributed by atoms with van der Waals surface area (Å²) in [7, 11) is 0. The Labute approximate surface area is 126 Å². The van der Waals surface area contributed by atoms with Gasteiger partial charge in [0, 0.05) is 11.1 Å². The molecule has 0 aromatic carbocycles. The Bertz CT molecular complexity index is 741. The molecule has 0 aliphatic carbocycles. The number of fused-ring (bicyclic) bond motifs is 2. The lowest BCUT2D eigenvalue weighted by Gasteiger charge is -2.15. The van der Waals surface area contributed by atoms with Crippen molar-refractivity contribution in [3.8, 4) is 0 Å². The van der Waals surface area contributed by atoms with Crippen molar-refractivity contribution in [1.29, 1.82) is 0 Å². The molecule has 2 aliphatic rings. The summed E-state index contributed by atoms with van der Waals surface area (Å²) in [5, 5.41) is 6.33. The topological polar surface area (TPSA) is 75.3 Å². The largest absolute Gasteiger partial charge is 0.434 e. The van der Waals surface area contributed by atoms with E-state index in [9.17, 15) is 13.2 Å². The lowest BCUT2D eigenvalue weighted by atomic mass is 10.3. The molecule has 6 nitrogen and oxygen atoms in total. The number of epoxide rings is 1. The summed E-state index contributed by atoms with van der Waals surface area (Å²) in [5.74, 6) is 0.978. The van der Waals surface area contributed by atoms with E-state index in [-0.39, 0.29) is 17.4 Å². The predicted molar refractivity (Wildman–Crippen MR) is 71.3 cm³/mol. The Morgan fingerprint density at radius 2 is 1.91 bits per heavy atom. The molecule has 0 bridgehead atoms. The molecule has 1 saturated heterocycles. The van der Waals surface area contributed by atoms with Crippen molar-refractivity contribution >= 4 is 23.4 Å². The molecule has 2 aliphatic heterocycles. The first kappa shape index (κ1) is 13.6. The number of pyridine rings is 1. The summed E-state index contributed by atoms with van der Waals surface area (Å²) in [4.78, 5) is 11.8. The van der Waals surface area contributed by atoms with Crippen molar-refractivity contribution in [3.05, 3.63) is 30.2 Å². The Morgan fingerprint density at radius 3 is 2.68 bits per heavy atom. The third kappa shape index (κ3) is 2.44. The number of anilines is 2. The molecule has 0 radical (unpaired) electrons. The third-order valence-corrected chi connectivity index (χ3v) is 4.01. The maximum Gasteiger partial charge on any atom is 0.434 e. The zero-order valence-electron chi connectivity index (χ0n) is 10.8. The van der Waals surface area contributed by atoms with Crippen LogP contribution in [-0.4, -0.2) is 27.4 Å². The molecule has 2 unspecified atom stereocenters. The van der Waals surface area contributed by atoms with Gasteiger partial charge in [-0.05, 0) is 12.1 Å². The number of hydrogen-bond donors (Lipinski definition) is 2. The number of nitrogens with zero attached hydrogens (tertiary/aromatic N) is 3. The molecule has 0 amide bonds. The van der Waals surface area contributed by atoms with Crippen LogP contribution in [0.3, 0.4) is 0 Å². The average Bonchev–Trinajstić information content (AvgIpc) is 3.22. The number of halogens is 3. The van der Waals surface area contributed by atoms with E-state index < -0.39 is 11.9 Å². The summed E-state index contributed by atoms with van der Waals surface area (Å²) < 4.78 is 44.0. The summed E-state index contributed by atoms with van der Waals surface area (Å²) in [6.45, 7) is 0. The van der Waals surface area contributed by atoms with Gasteiger partial charge in [-0.15, -0.1) is 0 Å². The number of aromatic nitrogens is 3. The quantitative estimate of drug-likeness (QED) is 0.821. The molecule has 4 rings (SSSR count). The van der Waals surface area contributed by atoms with Crippen LogP contribution in [0.1, 0.15) is 5.69 Å². The zero-order valence-corrected chi connectivity index (χ0v) is 11.6. The van der Waals surface area contributed by atoms with Crippen LogP contribution in [-0.2, 0) is 10.9 Å². The minimum Gasteiger partial charge on any atom is -0.338 e. The molecule has 22 heavy (non-hydrogen) atoms. The van der Waals surface area contributed by atoms with E-state index in [0.717, 1.165) is 18.0 Å². The number of rotatable bonds is 2. The molecular formula is C12H8F3N5OS. The number of nitrogens with one attached hydrogen (secondary N) is 2. The summed E-state index contributed by atoms with van der Waals surface area (Å²) >= 11 is 0.864. The summed E-state index contributed by atoms with van der Waals surface area (Å²) in [6.07, 6.45) is -2.27. The van der Waals surface area contributed by atoms with Crippen molar-refractivity contribution in [1.82, 2.24) is 15.0 Å². The van der Waals surface area contributed by atoms with Gasteiger partial charge in [0.1, 0.15) is 5.03 Å². The van der Waals surface area contributed by atoms with Crippen LogP contribution in [0.5, 0.6) is 0 Å². The van der Waals surface area contributed by atoms with Crippen LogP contribution in [0.4, 0.5) is 24.8 Å². The Hall–Kier alpha value is -2.07. The van der Waals surface area contributed by atoms with Gasteiger partial charge in [-0.2, -0.15) is 13.2 Å². The molecule has 0 spiro atoms. The van der Waals surface area contributed by atoms with Crippen molar-refractivity contribution in [2.75, 3.05) is 10.6 Å². The van der Waals surface area contributed by atoms with Gasteiger partial charge in [0.2, 0.25) is 0 Å². The van der Waals surface area contributed by atoms with E-state index in [0.29, 0.717) is 16.7 Å². The second-order valence-corrected chi connectivity index (χ2v) is 5.68. The van der Waals surface area contributed by atoms with Crippen LogP contribution in [0.2, 0.25) is 0 Å². The molecule has 2 N–H and O–H groups in total. The number of alkyl halides is 3. The van der Waals surface area contributed by atoms with Gasteiger partial charge in [-0.3, -0.25) is 4.98 Å². The van der Waals surface area contributed by atoms with Crippen molar-refractivity contribution in [3.63, 3.8) is 0 Å². The SMILES string of the molecule is FC(F)(F)c1ncccc1Sc1cnc2c(n1)NC1OC1N2. The van der Waals surface area contributed by atoms with Gasteiger partial charge < -0.3 is 15.4 Å². The fourth-order valence-electron chi connectivity index (χ4n) is 2.03. The molecule has 0 saturated carbocycles. The molecule has 4 heterocycles.